The van der Waals surface area contributed by atoms with Gasteiger partial charge >= 0.3 is 0 Å². The predicted molar refractivity (Wildman–Crippen MR) is 71.1 cm³/mol. The molecule has 0 unspecified atom stereocenters. The lowest BCUT2D eigenvalue weighted by Crippen LogP contribution is -2.35. The second-order valence-electron chi connectivity index (χ2n) is 4.04. The number of nitrogens with zero attached hydrogens (tertiary/aromatic N) is 1. The van der Waals surface area contributed by atoms with Gasteiger partial charge in [0, 0.05) is 31.6 Å². The fourth-order valence-corrected chi connectivity index (χ4v) is 2.03. The zero-order valence-electron chi connectivity index (χ0n) is 10.7. The van der Waals surface area contributed by atoms with Crippen LogP contribution in [0, 0.1) is 0 Å². The van der Waals surface area contributed by atoms with E-state index in [4.69, 9.17) is 25.8 Å². The molecule has 5 nitrogen and oxygen atoms in total. The summed E-state index contributed by atoms with van der Waals surface area (Å²) in [6.07, 6.45) is 0. The van der Waals surface area contributed by atoms with E-state index in [0.717, 1.165) is 0 Å². The van der Waals surface area contributed by atoms with Crippen LogP contribution in [0.25, 0.3) is 0 Å². The van der Waals surface area contributed by atoms with E-state index in [1.165, 1.54) is 0 Å². The summed E-state index contributed by atoms with van der Waals surface area (Å²) >= 11 is 5.72. The molecule has 0 aliphatic carbocycles. The van der Waals surface area contributed by atoms with E-state index >= 15 is 0 Å². The molecule has 1 aliphatic rings. The molecule has 0 radical (unpaired) electrons. The SMILES string of the molecule is COCCN(CCCl)C(=O)c1ccc2c(c1)OCO2. The van der Waals surface area contributed by atoms with Gasteiger partial charge in [0.2, 0.25) is 6.79 Å². The van der Waals surface area contributed by atoms with E-state index in [2.05, 4.69) is 0 Å². The van der Waals surface area contributed by atoms with Gasteiger partial charge in [-0.05, 0) is 18.2 Å². The Labute approximate surface area is 117 Å². The molecule has 1 aromatic carbocycles. The van der Waals surface area contributed by atoms with Gasteiger partial charge in [-0.1, -0.05) is 0 Å². The van der Waals surface area contributed by atoms with Crippen LogP contribution < -0.4 is 9.47 Å². The van der Waals surface area contributed by atoms with Crippen LogP contribution in [0.4, 0.5) is 0 Å². The molecule has 0 atom stereocenters. The van der Waals surface area contributed by atoms with Gasteiger partial charge in [0.25, 0.3) is 5.91 Å². The van der Waals surface area contributed by atoms with Crippen molar-refractivity contribution in [3.05, 3.63) is 23.8 Å². The molecule has 0 saturated heterocycles. The molecule has 0 bridgehead atoms. The minimum absolute atomic E-state index is 0.0870. The van der Waals surface area contributed by atoms with E-state index < -0.39 is 0 Å². The van der Waals surface area contributed by atoms with Gasteiger partial charge in [0.05, 0.1) is 6.61 Å². The molecule has 6 heteroatoms. The van der Waals surface area contributed by atoms with Crippen molar-refractivity contribution in [3.63, 3.8) is 0 Å². The van der Waals surface area contributed by atoms with Crippen molar-refractivity contribution >= 4 is 17.5 Å². The second kappa shape index (κ2) is 6.63. The number of alkyl halides is 1. The smallest absolute Gasteiger partial charge is 0.254 e. The summed E-state index contributed by atoms with van der Waals surface area (Å²) in [5.41, 5.74) is 0.561. The van der Waals surface area contributed by atoms with E-state index in [9.17, 15) is 4.79 Å². The molecular formula is C13H16ClNO4. The fraction of sp³-hybridized carbons (Fsp3) is 0.462. The Hall–Kier alpha value is -1.46. The van der Waals surface area contributed by atoms with Crippen LogP contribution in [-0.4, -0.2) is 50.3 Å². The van der Waals surface area contributed by atoms with Gasteiger partial charge in [-0.25, -0.2) is 0 Å². The van der Waals surface area contributed by atoms with E-state index in [1.807, 2.05) is 0 Å². The normalized spacial score (nSPS) is 12.5. The zero-order valence-corrected chi connectivity index (χ0v) is 11.5. The standard InChI is InChI=1S/C13H16ClNO4/c1-17-7-6-15(5-4-14)13(16)10-2-3-11-12(8-10)19-9-18-11/h2-3,8H,4-7,9H2,1H3. The van der Waals surface area contributed by atoms with Crippen molar-refractivity contribution in [2.45, 2.75) is 0 Å². The molecule has 0 saturated carbocycles. The van der Waals surface area contributed by atoms with Crippen LogP contribution >= 0.6 is 11.6 Å². The van der Waals surface area contributed by atoms with E-state index in [0.29, 0.717) is 42.6 Å². The Morgan fingerprint density at radius 1 is 1.37 bits per heavy atom. The maximum atomic E-state index is 12.4. The molecule has 1 heterocycles. The first-order valence-electron chi connectivity index (χ1n) is 6.00. The van der Waals surface area contributed by atoms with Crippen molar-refractivity contribution in [3.8, 4) is 11.5 Å². The number of carbonyl (C=O) groups excluding carboxylic acids is 1. The third-order valence-electron chi connectivity index (χ3n) is 2.83. The molecular weight excluding hydrogens is 270 g/mol. The first-order chi connectivity index (χ1) is 9.26. The molecule has 1 amide bonds. The third-order valence-corrected chi connectivity index (χ3v) is 3.00. The summed E-state index contributed by atoms with van der Waals surface area (Å²) in [6.45, 7) is 1.67. The van der Waals surface area contributed by atoms with Crippen LogP contribution in [0.15, 0.2) is 18.2 Å². The number of hydrogen-bond acceptors (Lipinski definition) is 4. The number of amides is 1. The average Bonchev–Trinajstić information content (AvgIpc) is 2.90. The van der Waals surface area contributed by atoms with Gasteiger partial charge < -0.3 is 19.1 Å². The number of fused-ring (bicyclic) bond motifs is 1. The minimum Gasteiger partial charge on any atom is -0.454 e. The molecule has 0 aromatic heterocycles. The molecule has 0 fully saturated rings. The van der Waals surface area contributed by atoms with Crippen LogP contribution in [0.1, 0.15) is 10.4 Å². The van der Waals surface area contributed by atoms with Gasteiger partial charge in [0.1, 0.15) is 0 Å². The van der Waals surface area contributed by atoms with Crippen molar-refractivity contribution in [2.75, 3.05) is 39.5 Å². The monoisotopic (exact) mass is 285 g/mol. The number of halogens is 1. The highest BCUT2D eigenvalue weighted by molar-refractivity contribution is 6.18. The van der Waals surface area contributed by atoms with Crippen LogP contribution in [0.3, 0.4) is 0 Å². The third kappa shape index (κ3) is 3.30. The van der Waals surface area contributed by atoms with Gasteiger partial charge in [-0.15, -0.1) is 11.6 Å². The minimum atomic E-state index is -0.0870. The molecule has 1 aromatic rings. The summed E-state index contributed by atoms with van der Waals surface area (Å²) in [6, 6.07) is 5.16. The topological polar surface area (TPSA) is 48.0 Å². The predicted octanol–water partition coefficient (Wildman–Crippen LogP) is 1.74. The second-order valence-corrected chi connectivity index (χ2v) is 4.42. The number of benzene rings is 1. The lowest BCUT2D eigenvalue weighted by molar-refractivity contribution is 0.0707. The number of methoxy groups -OCH3 is 1. The first kappa shape index (κ1) is 14.0. The molecule has 0 spiro atoms. The fourth-order valence-electron chi connectivity index (χ4n) is 1.83. The summed E-state index contributed by atoms with van der Waals surface area (Å²) in [5.74, 6) is 1.57. The van der Waals surface area contributed by atoms with Crippen LogP contribution in [0.2, 0.25) is 0 Å². The summed E-state index contributed by atoms with van der Waals surface area (Å²) in [7, 11) is 1.60. The van der Waals surface area contributed by atoms with Crippen molar-refractivity contribution in [1.82, 2.24) is 4.90 Å². The summed E-state index contributed by atoms with van der Waals surface area (Å²) < 4.78 is 15.5. The maximum absolute atomic E-state index is 12.4. The molecule has 19 heavy (non-hydrogen) atoms. The number of rotatable bonds is 6. The highest BCUT2D eigenvalue weighted by Gasteiger charge is 2.19. The zero-order chi connectivity index (χ0) is 13.7. The summed E-state index contributed by atoms with van der Waals surface area (Å²) in [5, 5.41) is 0. The van der Waals surface area contributed by atoms with Crippen LogP contribution in [-0.2, 0) is 4.74 Å². The number of hydrogen-bond donors (Lipinski definition) is 0. The summed E-state index contributed by atoms with van der Waals surface area (Å²) in [4.78, 5) is 14.0. The molecule has 104 valence electrons. The van der Waals surface area contributed by atoms with E-state index in [-0.39, 0.29) is 12.7 Å². The molecule has 2 rings (SSSR count). The Kier molecular flexibility index (Phi) is 4.87. The van der Waals surface area contributed by atoms with Crippen molar-refractivity contribution in [1.29, 1.82) is 0 Å². The van der Waals surface area contributed by atoms with Gasteiger partial charge in [-0.2, -0.15) is 0 Å². The quantitative estimate of drug-likeness (QED) is 0.747. The number of ether oxygens (including phenoxy) is 3. The van der Waals surface area contributed by atoms with Crippen molar-refractivity contribution < 1.29 is 19.0 Å². The van der Waals surface area contributed by atoms with Crippen LogP contribution in [0.5, 0.6) is 11.5 Å². The average molecular weight is 286 g/mol. The maximum Gasteiger partial charge on any atom is 0.254 e. The van der Waals surface area contributed by atoms with Gasteiger partial charge in [-0.3, -0.25) is 4.79 Å². The Morgan fingerprint density at radius 3 is 2.89 bits per heavy atom. The Balaban J connectivity index is 2.11. The van der Waals surface area contributed by atoms with Crippen molar-refractivity contribution in [2.24, 2.45) is 0 Å². The highest BCUT2D eigenvalue weighted by Crippen LogP contribution is 2.32. The van der Waals surface area contributed by atoms with E-state index in [1.54, 1.807) is 30.2 Å². The molecule has 1 aliphatic heterocycles. The largest absolute Gasteiger partial charge is 0.454 e. The Morgan fingerprint density at radius 2 is 2.16 bits per heavy atom. The first-order valence-corrected chi connectivity index (χ1v) is 6.53. The lowest BCUT2D eigenvalue weighted by Gasteiger charge is -2.21. The highest BCUT2D eigenvalue weighted by atomic mass is 35.5. The Bertz CT molecular complexity index is 452. The van der Waals surface area contributed by atoms with Gasteiger partial charge in [0.15, 0.2) is 11.5 Å². The number of carbonyl (C=O) groups is 1. The lowest BCUT2D eigenvalue weighted by atomic mass is 10.1. The molecule has 0 N–H and O–H groups in total.